The van der Waals surface area contributed by atoms with Crippen molar-refractivity contribution in [3.63, 3.8) is 0 Å². The summed E-state index contributed by atoms with van der Waals surface area (Å²) in [6, 6.07) is 16.6. The van der Waals surface area contributed by atoms with Gasteiger partial charge in [-0.3, -0.25) is 0 Å². The molecule has 1 atom stereocenters. The summed E-state index contributed by atoms with van der Waals surface area (Å²) in [6.07, 6.45) is 2.40. The van der Waals surface area contributed by atoms with E-state index in [4.69, 9.17) is 16.9 Å². The summed E-state index contributed by atoms with van der Waals surface area (Å²) in [5.74, 6) is 0. The zero-order valence-electron chi connectivity index (χ0n) is 12.8. The van der Waals surface area contributed by atoms with Crippen LogP contribution >= 0.6 is 11.6 Å². The molecule has 1 heterocycles. The molecule has 6 heteroatoms. The molecule has 120 valence electrons. The summed E-state index contributed by atoms with van der Waals surface area (Å²) in [7, 11) is 0. The first kappa shape index (κ1) is 16.2. The molecule has 0 bridgehead atoms. The average Bonchev–Trinajstić information content (AvgIpc) is 3.11. The van der Waals surface area contributed by atoms with Crippen LogP contribution in [0, 0.1) is 11.3 Å². The molecule has 0 aliphatic heterocycles. The highest BCUT2D eigenvalue weighted by Gasteiger charge is 2.14. The van der Waals surface area contributed by atoms with Crippen LogP contribution in [0.3, 0.4) is 0 Å². The van der Waals surface area contributed by atoms with E-state index in [1.165, 1.54) is 0 Å². The predicted molar refractivity (Wildman–Crippen MR) is 91.5 cm³/mol. The van der Waals surface area contributed by atoms with E-state index in [9.17, 15) is 5.11 Å². The van der Waals surface area contributed by atoms with Crippen LogP contribution in [0.5, 0.6) is 0 Å². The van der Waals surface area contributed by atoms with Crippen LogP contribution in [-0.2, 0) is 6.42 Å². The Morgan fingerprint density at radius 2 is 2.00 bits per heavy atom. The number of aromatic nitrogens is 3. The molecule has 0 aliphatic carbocycles. The number of aliphatic hydroxyl groups excluding tert-OH is 1. The fourth-order valence-electron chi connectivity index (χ4n) is 2.47. The Hall–Kier alpha value is -2.68. The van der Waals surface area contributed by atoms with Crippen molar-refractivity contribution in [2.75, 3.05) is 6.61 Å². The third-order valence-corrected chi connectivity index (χ3v) is 4.02. The number of halogens is 1. The van der Waals surface area contributed by atoms with Gasteiger partial charge in [-0.05, 0) is 36.2 Å². The number of hydrogen-bond acceptors (Lipinski definition) is 4. The van der Waals surface area contributed by atoms with Gasteiger partial charge in [-0.25, -0.2) is 4.68 Å². The van der Waals surface area contributed by atoms with Gasteiger partial charge in [-0.1, -0.05) is 41.1 Å². The first-order chi connectivity index (χ1) is 11.7. The van der Waals surface area contributed by atoms with Gasteiger partial charge < -0.3 is 5.11 Å². The van der Waals surface area contributed by atoms with Crippen molar-refractivity contribution in [3.8, 4) is 17.3 Å². The maximum Gasteiger partial charge on any atom is 0.113 e. The number of nitriles is 1. The monoisotopic (exact) mass is 338 g/mol. The number of nitrogens with zero attached hydrogens (tertiary/aromatic N) is 4. The molecule has 3 aromatic rings. The SMILES string of the molecule is N#Cc1cccc(-c2cn(C(CO)Cc3ccc(Cl)cc3)nn2)c1. The summed E-state index contributed by atoms with van der Waals surface area (Å²) < 4.78 is 1.66. The largest absolute Gasteiger partial charge is 0.394 e. The molecule has 0 saturated carbocycles. The molecular weight excluding hydrogens is 324 g/mol. The smallest absolute Gasteiger partial charge is 0.113 e. The molecule has 0 aliphatic rings. The Bertz CT molecular complexity index is 867. The van der Waals surface area contributed by atoms with Gasteiger partial charge in [0.2, 0.25) is 0 Å². The Kier molecular flexibility index (Phi) is 4.90. The van der Waals surface area contributed by atoms with Gasteiger partial charge in [0.1, 0.15) is 5.69 Å². The van der Waals surface area contributed by atoms with Crippen LogP contribution in [0.15, 0.2) is 54.7 Å². The predicted octanol–water partition coefficient (Wildman–Crippen LogP) is 3.25. The molecule has 1 unspecified atom stereocenters. The van der Waals surface area contributed by atoms with Crippen LogP contribution in [0.25, 0.3) is 11.3 Å². The molecule has 0 spiro atoms. The first-order valence-electron chi connectivity index (χ1n) is 7.47. The lowest BCUT2D eigenvalue weighted by Crippen LogP contribution is -2.16. The van der Waals surface area contributed by atoms with Crippen molar-refractivity contribution in [2.45, 2.75) is 12.5 Å². The summed E-state index contributed by atoms with van der Waals surface area (Å²) in [6.45, 7) is -0.0519. The third-order valence-electron chi connectivity index (χ3n) is 3.77. The van der Waals surface area contributed by atoms with Crippen molar-refractivity contribution in [3.05, 3.63) is 70.9 Å². The van der Waals surface area contributed by atoms with E-state index in [0.717, 1.165) is 11.1 Å². The quantitative estimate of drug-likeness (QED) is 0.775. The second-order valence-electron chi connectivity index (χ2n) is 5.44. The lowest BCUT2D eigenvalue weighted by Gasteiger charge is -2.14. The summed E-state index contributed by atoms with van der Waals surface area (Å²) in [4.78, 5) is 0. The molecule has 2 aromatic carbocycles. The highest BCUT2D eigenvalue weighted by molar-refractivity contribution is 6.30. The van der Waals surface area contributed by atoms with Crippen LogP contribution in [-0.4, -0.2) is 26.7 Å². The van der Waals surface area contributed by atoms with E-state index in [2.05, 4.69) is 16.4 Å². The molecule has 1 aromatic heterocycles. The second-order valence-corrected chi connectivity index (χ2v) is 5.88. The van der Waals surface area contributed by atoms with Crippen molar-refractivity contribution in [1.82, 2.24) is 15.0 Å². The standard InChI is InChI=1S/C18H15ClN4O/c19-16-6-4-13(5-7-16)9-17(12-24)23-11-18(21-22-23)15-3-1-2-14(8-15)10-20/h1-8,11,17,24H,9,12H2. The minimum Gasteiger partial charge on any atom is -0.394 e. The molecule has 0 saturated heterocycles. The second kappa shape index (κ2) is 7.26. The highest BCUT2D eigenvalue weighted by atomic mass is 35.5. The maximum atomic E-state index is 9.70. The Morgan fingerprint density at radius 1 is 1.21 bits per heavy atom. The number of rotatable bonds is 5. The third kappa shape index (κ3) is 3.62. The van der Waals surface area contributed by atoms with Crippen LogP contribution < -0.4 is 0 Å². The molecular formula is C18H15ClN4O. The Balaban J connectivity index is 1.82. The van der Waals surface area contributed by atoms with Gasteiger partial charge in [0.15, 0.2) is 0 Å². The topological polar surface area (TPSA) is 74.7 Å². The number of hydrogen-bond donors (Lipinski definition) is 1. The molecule has 5 nitrogen and oxygen atoms in total. The van der Waals surface area contributed by atoms with E-state index in [1.807, 2.05) is 36.4 Å². The fraction of sp³-hybridized carbons (Fsp3) is 0.167. The zero-order valence-corrected chi connectivity index (χ0v) is 13.6. The van der Waals surface area contributed by atoms with Crippen molar-refractivity contribution in [2.24, 2.45) is 0 Å². The van der Waals surface area contributed by atoms with E-state index in [1.54, 1.807) is 23.0 Å². The number of aliphatic hydroxyl groups is 1. The zero-order chi connectivity index (χ0) is 16.9. The molecule has 0 amide bonds. The van der Waals surface area contributed by atoms with Crippen LogP contribution in [0.2, 0.25) is 5.02 Å². The highest BCUT2D eigenvalue weighted by Crippen LogP contribution is 2.21. The lowest BCUT2D eigenvalue weighted by molar-refractivity contribution is 0.216. The van der Waals surface area contributed by atoms with Crippen molar-refractivity contribution < 1.29 is 5.11 Å². The molecule has 0 fully saturated rings. The molecule has 24 heavy (non-hydrogen) atoms. The van der Waals surface area contributed by atoms with E-state index < -0.39 is 0 Å². The van der Waals surface area contributed by atoms with Gasteiger partial charge in [0, 0.05) is 10.6 Å². The lowest BCUT2D eigenvalue weighted by atomic mass is 10.1. The van der Waals surface area contributed by atoms with Gasteiger partial charge in [-0.15, -0.1) is 5.10 Å². The van der Waals surface area contributed by atoms with E-state index in [-0.39, 0.29) is 12.6 Å². The molecule has 0 radical (unpaired) electrons. The Labute approximate surface area is 144 Å². The van der Waals surface area contributed by atoms with Gasteiger partial charge in [-0.2, -0.15) is 5.26 Å². The average molecular weight is 339 g/mol. The van der Waals surface area contributed by atoms with E-state index in [0.29, 0.717) is 22.7 Å². The fourth-order valence-corrected chi connectivity index (χ4v) is 2.60. The van der Waals surface area contributed by atoms with Crippen LogP contribution in [0.1, 0.15) is 17.2 Å². The number of benzene rings is 2. The minimum atomic E-state index is -0.216. The van der Waals surface area contributed by atoms with Crippen molar-refractivity contribution >= 4 is 11.6 Å². The Morgan fingerprint density at radius 3 is 2.71 bits per heavy atom. The minimum absolute atomic E-state index is 0.0519. The molecule has 3 rings (SSSR count). The van der Waals surface area contributed by atoms with Gasteiger partial charge in [0.25, 0.3) is 0 Å². The normalized spacial score (nSPS) is 11.9. The first-order valence-corrected chi connectivity index (χ1v) is 7.85. The van der Waals surface area contributed by atoms with Gasteiger partial charge >= 0.3 is 0 Å². The maximum absolute atomic E-state index is 9.70. The van der Waals surface area contributed by atoms with Crippen molar-refractivity contribution in [1.29, 1.82) is 5.26 Å². The van der Waals surface area contributed by atoms with Gasteiger partial charge in [0.05, 0.1) is 30.5 Å². The summed E-state index contributed by atoms with van der Waals surface area (Å²) >= 11 is 5.90. The summed E-state index contributed by atoms with van der Waals surface area (Å²) in [5, 5.41) is 27.7. The summed E-state index contributed by atoms with van der Waals surface area (Å²) in [5.41, 5.74) is 3.12. The van der Waals surface area contributed by atoms with E-state index >= 15 is 0 Å². The van der Waals surface area contributed by atoms with Crippen LogP contribution in [0.4, 0.5) is 0 Å². The molecule has 1 N–H and O–H groups in total.